The van der Waals surface area contributed by atoms with E-state index in [0.717, 1.165) is 27.7 Å². The number of carbonyl (C=O) groups excluding carboxylic acids is 1. The zero-order valence-electron chi connectivity index (χ0n) is 18.2. The molecule has 0 atom stereocenters. The second kappa shape index (κ2) is 9.64. The average molecular weight is 482 g/mol. The molecule has 1 N–H and O–H groups in total. The van der Waals surface area contributed by atoms with Gasteiger partial charge in [-0.3, -0.25) is 4.72 Å². The van der Waals surface area contributed by atoms with E-state index < -0.39 is 16.0 Å². The molecule has 1 heterocycles. The van der Waals surface area contributed by atoms with Crippen LogP contribution in [0.3, 0.4) is 0 Å². The largest absolute Gasteiger partial charge is 0.494 e. The Balaban J connectivity index is 1.72. The van der Waals surface area contributed by atoms with Gasteiger partial charge in [-0.05, 0) is 54.4 Å². The third-order valence-electron chi connectivity index (χ3n) is 5.01. The lowest BCUT2D eigenvalue weighted by Gasteiger charge is -2.11. The SMILES string of the molecule is CCOC(=O)c1c(-c2ccc(OCC)cc2)csc1NS(=O)(=O)c1ccc2ccccc2c1. The lowest BCUT2D eigenvalue weighted by Crippen LogP contribution is -2.15. The Kier molecular flexibility index (Phi) is 6.67. The summed E-state index contributed by atoms with van der Waals surface area (Å²) < 4.78 is 39.6. The summed E-state index contributed by atoms with van der Waals surface area (Å²) in [6, 6.07) is 19.7. The quantitative estimate of drug-likeness (QED) is 0.315. The first kappa shape index (κ1) is 22.8. The van der Waals surface area contributed by atoms with Crippen LogP contribution in [0.1, 0.15) is 24.2 Å². The van der Waals surface area contributed by atoms with E-state index in [9.17, 15) is 13.2 Å². The summed E-state index contributed by atoms with van der Waals surface area (Å²) in [5.74, 6) is 0.130. The van der Waals surface area contributed by atoms with E-state index in [1.807, 2.05) is 55.5 Å². The third kappa shape index (κ3) is 4.86. The van der Waals surface area contributed by atoms with Crippen molar-refractivity contribution in [2.75, 3.05) is 17.9 Å². The smallest absolute Gasteiger partial charge is 0.341 e. The Morgan fingerprint density at radius 2 is 1.67 bits per heavy atom. The third-order valence-corrected chi connectivity index (χ3v) is 7.38. The highest BCUT2D eigenvalue weighted by Crippen LogP contribution is 2.38. The first-order valence-electron chi connectivity index (χ1n) is 10.5. The van der Waals surface area contributed by atoms with Crippen LogP contribution in [0.15, 0.2) is 77.0 Å². The van der Waals surface area contributed by atoms with E-state index in [1.165, 1.54) is 0 Å². The molecule has 8 heteroatoms. The molecule has 0 amide bonds. The molecule has 0 radical (unpaired) electrons. The molecule has 0 aliphatic heterocycles. The maximum Gasteiger partial charge on any atom is 0.341 e. The topological polar surface area (TPSA) is 81.7 Å². The number of benzene rings is 3. The lowest BCUT2D eigenvalue weighted by atomic mass is 10.0. The van der Waals surface area contributed by atoms with Crippen LogP contribution < -0.4 is 9.46 Å². The van der Waals surface area contributed by atoms with Gasteiger partial charge in [0.05, 0.1) is 18.1 Å². The van der Waals surface area contributed by atoms with Gasteiger partial charge in [0.2, 0.25) is 0 Å². The second-order valence-electron chi connectivity index (χ2n) is 7.15. The van der Waals surface area contributed by atoms with Crippen LogP contribution in [-0.2, 0) is 14.8 Å². The summed E-state index contributed by atoms with van der Waals surface area (Å²) >= 11 is 1.14. The van der Waals surface area contributed by atoms with Gasteiger partial charge >= 0.3 is 5.97 Å². The van der Waals surface area contributed by atoms with E-state index in [-0.39, 0.29) is 22.1 Å². The molecule has 33 heavy (non-hydrogen) atoms. The van der Waals surface area contributed by atoms with Crippen LogP contribution in [0, 0.1) is 0 Å². The van der Waals surface area contributed by atoms with Crippen LogP contribution in [0.4, 0.5) is 5.00 Å². The Bertz CT molecular complexity index is 1390. The van der Waals surface area contributed by atoms with Crippen LogP contribution in [-0.4, -0.2) is 27.6 Å². The standard InChI is InChI=1S/C25H23NO5S2/c1-3-30-20-12-9-18(10-13-20)22-16-32-24(23(22)25(27)31-4-2)26-33(28,29)21-14-11-17-7-5-6-8-19(17)15-21/h5-16,26H,3-4H2,1-2H3. The van der Waals surface area contributed by atoms with Gasteiger partial charge in [-0.25, -0.2) is 13.2 Å². The number of rotatable bonds is 8. The minimum absolute atomic E-state index is 0.118. The van der Waals surface area contributed by atoms with Crippen molar-refractivity contribution >= 4 is 43.1 Å². The number of anilines is 1. The van der Waals surface area contributed by atoms with E-state index in [4.69, 9.17) is 9.47 Å². The van der Waals surface area contributed by atoms with Gasteiger partial charge in [0.15, 0.2) is 0 Å². The maximum atomic E-state index is 13.2. The van der Waals surface area contributed by atoms with Crippen molar-refractivity contribution in [3.8, 4) is 16.9 Å². The van der Waals surface area contributed by atoms with Crippen molar-refractivity contribution in [3.05, 3.63) is 77.7 Å². The molecule has 0 saturated heterocycles. The summed E-state index contributed by atoms with van der Waals surface area (Å²) in [6.07, 6.45) is 0. The zero-order valence-corrected chi connectivity index (χ0v) is 19.8. The molecule has 0 bridgehead atoms. The fourth-order valence-corrected chi connectivity index (χ4v) is 5.78. The summed E-state index contributed by atoms with van der Waals surface area (Å²) in [7, 11) is -3.93. The summed E-state index contributed by atoms with van der Waals surface area (Å²) in [5, 5.41) is 3.72. The van der Waals surface area contributed by atoms with Crippen molar-refractivity contribution in [2.45, 2.75) is 18.7 Å². The second-order valence-corrected chi connectivity index (χ2v) is 9.71. The van der Waals surface area contributed by atoms with Gasteiger partial charge in [0.1, 0.15) is 16.3 Å². The molecule has 170 valence electrons. The molecule has 0 aliphatic carbocycles. The number of esters is 1. The number of thiophene rings is 1. The average Bonchev–Trinajstić information content (AvgIpc) is 3.22. The van der Waals surface area contributed by atoms with Crippen molar-refractivity contribution in [3.63, 3.8) is 0 Å². The van der Waals surface area contributed by atoms with Crippen molar-refractivity contribution in [1.29, 1.82) is 0 Å². The Hall–Kier alpha value is -3.36. The highest BCUT2D eigenvalue weighted by molar-refractivity contribution is 7.93. The highest BCUT2D eigenvalue weighted by atomic mass is 32.2. The molecular formula is C25H23NO5S2. The molecule has 1 aromatic heterocycles. The summed E-state index contributed by atoms with van der Waals surface area (Å²) in [4.78, 5) is 12.9. The van der Waals surface area contributed by atoms with Gasteiger partial charge in [0, 0.05) is 10.9 Å². The monoisotopic (exact) mass is 481 g/mol. The van der Waals surface area contributed by atoms with Crippen LogP contribution in [0.5, 0.6) is 5.75 Å². The number of ether oxygens (including phenoxy) is 2. The minimum atomic E-state index is -3.93. The number of carbonyl (C=O) groups is 1. The molecule has 0 fully saturated rings. The summed E-state index contributed by atoms with van der Waals surface area (Å²) in [6.45, 7) is 4.33. The molecule has 0 aliphatic rings. The van der Waals surface area contributed by atoms with Gasteiger partial charge in [-0.1, -0.05) is 42.5 Å². The predicted octanol–water partition coefficient (Wildman–Crippen LogP) is 5.94. The van der Waals surface area contributed by atoms with Crippen LogP contribution in [0.2, 0.25) is 0 Å². The molecule has 4 aromatic rings. The van der Waals surface area contributed by atoms with Crippen molar-refractivity contribution in [1.82, 2.24) is 0 Å². The van der Waals surface area contributed by atoms with E-state index in [0.29, 0.717) is 17.9 Å². The van der Waals surface area contributed by atoms with Gasteiger partial charge in [0.25, 0.3) is 10.0 Å². The van der Waals surface area contributed by atoms with Crippen molar-refractivity contribution < 1.29 is 22.7 Å². The first-order chi connectivity index (χ1) is 15.9. The maximum absolute atomic E-state index is 13.2. The molecule has 6 nitrogen and oxygen atoms in total. The minimum Gasteiger partial charge on any atom is -0.494 e. The normalized spacial score (nSPS) is 11.3. The highest BCUT2D eigenvalue weighted by Gasteiger charge is 2.25. The van der Waals surface area contributed by atoms with Crippen LogP contribution in [0.25, 0.3) is 21.9 Å². The number of hydrogen-bond donors (Lipinski definition) is 1. The number of fused-ring (bicyclic) bond motifs is 1. The number of nitrogens with one attached hydrogen (secondary N) is 1. The van der Waals surface area contributed by atoms with Gasteiger partial charge in [-0.15, -0.1) is 11.3 Å². The predicted molar refractivity (Wildman–Crippen MR) is 132 cm³/mol. The molecule has 0 saturated carbocycles. The van der Waals surface area contributed by atoms with Crippen LogP contribution >= 0.6 is 11.3 Å². The first-order valence-corrected chi connectivity index (χ1v) is 12.8. The Labute approximate surface area is 196 Å². The van der Waals surface area contributed by atoms with Gasteiger partial charge in [-0.2, -0.15) is 0 Å². The van der Waals surface area contributed by atoms with Crippen molar-refractivity contribution in [2.24, 2.45) is 0 Å². The van der Waals surface area contributed by atoms with E-state index in [2.05, 4.69) is 4.72 Å². The molecule has 3 aromatic carbocycles. The van der Waals surface area contributed by atoms with E-state index in [1.54, 1.807) is 30.5 Å². The molecule has 0 spiro atoms. The fourth-order valence-electron chi connectivity index (χ4n) is 3.46. The number of hydrogen-bond acceptors (Lipinski definition) is 6. The lowest BCUT2D eigenvalue weighted by molar-refractivity contribution is 0.0529. The molecule has 0 unspecified atom stereocenters. The van der Waals surface area contributed by atoms with E-state index >= 15 is 0 Å². The number of sulfonamides is 1. The summed E-state index contributed by atoms with van der Waals surface area (Å²) in [5.41, 5.74) is 1.54. The zero-order chi connectivity index (χ0) is 23.4. The molecule has 4 rings (SSSR count). The Morgan fingerprint density at radius 3 is 2.36 bits per heavy atom. The van der Waals surface area contributed by atoms with Gasteiger partial charge < -0.3 is 9.47 Å². The molecular weight excluding hydrogens is 458 g/mol. The fraction of sp³-hybridized carbons (Fsp3) is 0.160. The Morgan fingerprint density at radius 1 is 0.939 bits per heavy atom.